The highest BCUT2D eigenvalue weighted by atomic mass is 16.5. The molecule has 1 aromatic heterocycles. The molecule has 1 heterocycles. The molecule has 0 aliphatic heterocycles. The van der Waals surface area contributed by atoms with Gasteiger partial charge in [-0.15, -0.1) is 0 Å². The monoisotopic (exact) mass is 237 g/mol. The Hall–Kier alpha value is -0.870. The normalized spacial score (nSPS) is 19.2. The van der Waals surface area contributed by atoms with Gasteiger partial charge >= 0.3 is 0 Å². The molecule has 96 valence electrons. The van der Waals surface area contributed by atoms with E-state index in [1.807, 2.05) is 25.0 Å². The smallest absolute Gasteiger partial charge is 0.0795 e. The van der Waals surface area contributed by atoms with Crippen molar-refractivity contribution < 1.29 is 4.74 Å². The van der Waals surface area contributed by atoms with Gasteiger partial charge in [0.25, 0.3) is 0 Å². The van der Waals surface area contributed by atoms with Crippen molar-refractivity contribution in [3.05, 3.63) is 18.0 Å². The molecule has 0 spiro atoms. The number of hydrogen-bond donors (Lipinski definition) is 1. The summed E-state index contributed by atoms with van der Waals surface area (Å²) in [7, 11) is 3.81. The SMILES string of the molecule is CCCn1cc(C(NC)C(OC)C2CC2)cn1. The number of nitrogens with zero attached hydrogens (tertiary/aromatic N) is 2. The van der Waals surface area contributed by atoms with E-state index in [0.717, 1.165) is 13.0 Å². The molecule has 1 aromatic rings. The van der Waals surface area contributed by atoms with Gasteiger partial charge < -0.3 is 10.1 Å². The second kappa shape index (κ2) is 5.65. The number of aromatic nitrogens is 2. The number of methoxy groups -OCH3 is 1. The van der Waals surface area contributed by atoms with Crippen LogP contribution in [0.5, 0.6) is 0 Å². The van der Waals surface area contributed by atoms with E-state index in [1.54, 1.807) is 0 Å². The maximum absolute atomic E-state index is 5.65. The van der Waals surface area contributed by atoms with Gasteiger partial charge in [0.2, 0.25) is 0 Å². The van der Waals surface area contributed by atoms with Gasteiger partial charge in [-0.2, -0.15) is 5.10 Å². The Balaban J connectivity index is 2.09. The molecule has 0 saturated heterocycles. The third-order valence-electron chi connectivity index (χ3n) is 3.46. The third-order valence-corrected chi connectivity index (χ3v) is 3.46. The third kappa shape index (κ3) is 2.87. The molecule has 1 aliphatic carbocycles. The van der Waals surface area contributed by atoms with Crippen LogP contribution in [0.2, 0.25) is 0 Å². The largest absolute Gasteiger partial charge is 0.379 e. The number of nitrogens with one attached hydrogen (secondary N) is 1. The molecule has 2 atom stereocenters. The number of likely N-dealkylation sites (N-methyl/N-ethyl adjacent to an activating group) is 1. The Morgan fingerprint density at radius 3 is 2.88 bits per heavy atom. The molecular formula is C13H23N3O. The van der Waals surface area contributed by atoms with Gasteiger partial charge in [-0.1, -0.05) is 6.92 Å². The predicted octanol–water partition coefficient (Wildman–Crippen LogP) is 1.98. The summed E-state index contributed by atoms with van der Waals surface area (Å²) in [6.45, 7) is 3.15. The van der Waals surface area contributed by atoms with Crippen molar-refractivity contribution >= 4 is 0 Å². The first-order valence-corrected chi connectivity index (χ1v) is 6.52. The summed E-state index contributed by atoms with van der Waals surface area (Å²) in [5, 5.41) is 7.76. The molecule has 0 radical (unpaired) electrons. The van der Waals surface area contributed by atoms with Crippen molar-refractivity contribution in [3.63, 3.8) is 0 Å². The Bertz CT molecular complexity index is 346. The quantitative estimate of drug-likeness (QED) is 0.788. The highest BCUT2D eigenvalue weighted by Gasteiger charge is 2.37. The zero-order valence-electron chi connectivity index (χ0n) is 11.0. The van der Waals surface area contributed by atoms with Crippen molar-refractivity contribution in [2.24, 2.45) is 5.92 Å². The van der Waals surface area contributed by atoms with Crippen LogP contribution < -0.4 is 5.32 Å². The maximum Gasteiger partial charge on any atom is 0.0795 e. The van der Waals surface area contributed by atoms with Crippen molar-refractivity contribution in [1.29, 1.82) is 0 Å². The summed E-state index contributed by atoms with van der Waals surface area (Å²) in [6.07, 6.45) is 8.07. The van der Waals surface area contributed by atoms with Crippen molar-refractivity contribution in [2.75, 3.05) is 14.2 Å². The lowest BCUT2D eigenvalue weighted by Gasteiger charge is -2.24. The standard InChI is InChI=1S/C13H23N3O/c1-4-7-16-9-11(8-15-16)12(14-2)13(17-3)10-5-6-10/h8-10,12-14H,4-7H2,1-3H3. The first kappa shape index (κ1) is 12.6. The Morgan fingerprint density at radius 2 is 2.35 bits per heavy atom. The van der Waals surface area contributed by atoms with E-state index in [2.05, 4.69) is 23.5 Å². The van der Waals surface area contributed by atoms with Gasteiger partial charge in [0.15, 0.2) is 0 Å². The van der Waals surface area contributed by atoms with Crippen LogP contribution >= 0.6 is 0 Å². The van der Waals surface area contributed by atoms with E-state index >= 15 is 0 Å². The molecule has 1 N–H and O–H groups in total. The summed E-state index contributed by atoms with van der Waals surface area (Å²) < 4.78 is 7.66. The molecule has 17 heavy (non-hydrogen) atoms. The van der Waals surface area contributed by atoms with E-state index in [0.29, 0.717) is 5.92 Å². The van der Waals surface area contributed by atoms with Crippen LogP contribution in [0.1, 0.15) is 37.8 Å². The summed E-state index contributed by atoms with van der Waals surface area (Å²) in [6, 6.07) is 0.262. The minimum Gasteiger partial charge on any atom is -0.379 e. The summed E-state index contributed by atoms with van der Waals surface area (Å²) in [4.78, 5) is 0. The van der Waals surface area contributed by atoms with Gasteiger partial charge in [-0.25, -0.2) is 0 Å². The zero-order chi connectivity index (χ0) is 12.3. The Kier molecular flexibility index (Phi) is 4.18. The number of aryl methyl sites for hydroxylation is 1. The highest BCUT2D eigenvalue weighted by Crippen LogP contribution is 2.39. The molecule has 0 aromatic carbocycles. The lowest BCUT2D eigenvalue weighted by Crippen LogP contribution is -2.32. The van der Waals surface area contributed by atoms with Crippen LogP contribution in [0, 0.1) is 5.92 Å². The van der Waals surface area contributed by atoms with E-state index in [1.165, 1.54) is 18.4 Å². The lowest BCUT2D eigenvalue weighted by molar-refractivity contribution is 0.0530. The van der Waals surface area contributed by atoms with E-state index in [4.69, 9.17) is 4.74 Å². The van der Waals surface area contributed by atoms with Crippen molar-refractivity contribution in [1.82, 2.24) is 15.1 Å². The molecule has 2 rings (SSSR count). The van der Waals surface area contributed by atoms with E-state index < -0.39 is 0 Å². The van der Waals surface area contributed by atoms with E-state index in [-0.39, 0.29) is 12.1 Å². The maximum atomic E-state index is 5.65. The first-order chi connectivity index (χ1) is 8.30. The van der Waals surface area contributed by atoms with Gasteiger partial charge in [0.1, 0.15) is 0 Å². The van der Waals surface area contributed by atoms with Crippen LogP contribution in [0.25, 0.3) is 0 Å². The molecule has 4 heteroatoms. The molecule has 2 unspecified atom stereocenters. The minimum atomic E-state index is 0.262. The molecule has 0 amide bonds. The number of ether oxygens (including phenoxy) is 1. The highest BCUT2D eigenvalue weighted by molar-refractivity contribution is 5.14. The Labute approximate surface area is 103 Å². The van der Waals surface area contributed by atoms with Crippen molar-refractivity contribution in [3.8, 4) is 0 Å². The van der Waals surface area contributed by atoms with E-state index in [9.17, 15) is 0 Å². The summed E-state index contributed by atoms with van der Waals surface area (Å²) in [5.41, 5.74) is 1.24. The van der Waals surface area contributed by atoms with Gasteiger partial charge in [0, 0.05) is 25.4 Å². The van der Waals surface area contributed by atoms with Gasteiger partial charge in [-0.3, -0.25) is 4.68 Å². The second-order valence-corrected chi connectivity index (χ2v) is 4.84. The molecule has 0 bridgehead atoms. The fraction of sp³-hybridized carbons (Fsp3) is 0.769. The Morgan fingerprint density at radius 1 is 1.59 bits per heavy atom. The van der Waals surface area contributed by atoms with Crippen LogP contribution in [-0.4, -0.2) is 30.0 Å². The number of rotatable bonds is 7. The molecule has 1 saturated carbocycles. The van der Waals surface area contributed by atoms with Crippen molar-refractivity contribution in [2.45, 2.75) is 44.9 Å². The predicted molar refractivity (Wildman–Crippen MR) is 67.8 cm³/mol. The molecule has 1 aliphatic rings. The molecule has 4 nitrogen and oxygen atoms in total. The summed E-state index contributed by atoms with van der Waals surface area (Å²) in [5.74, 6) is 0.715. The van der Waals surface area contributed by atoms with Crippen LogP contribution in [0.3, 0.4) is 0 Å². The average molecular weight is 237 g/mol. The number of hydrogen-bond acceptors (Lipinski definition) is 3. The van der Waals surface area contributed by atoms with Crippen LogP contribution in [-0.2, 0) is 11.3 Å². The van der Waals surface area contributed by atoms with Crippen LogP contribution in [0.4, 0.5) is 0 Å². The summed E-state index contributed by atoms with van der Waals surface area (Å²) >= 11 is 0. The fourth-order valence-corrected chi connectivity index (χ4v) is 2.44. The molecular weight excluding hydrogens is 214 g/mol. The zero-order valence-corrected chi connectivity index (χ0v) is 11.0. The minimum absolute atomic E-state index is 0.262. The first-order valence-electron chi connectivity index (χ1n) is 6.52. The van der Waals surface area contributed by atoms with Gasteiger partial charge in [-0.05, 0) is 32.2 Å². The lowest BCUT2D eigenvalue weighted by atomic mass is 10.0. The van der Waals surface area contributed by atoms with Crippen LogP contribution in [0.15, 0.2) is 12.4 Å². The topological polar surface area (TPSA) is 39.1 Å². The molecule has 1 fully saturated rings. The average Bonchev–Trinajstić information content (AvgIpc) is 3.07. The van der Waals surface area contributed by atoms with Gasteiger partial charge in [0.05, 0.1) is 18.3 Å². The second-order valence-electron chi connectivity index (χ2n) is 4.84. The fourth-order valence-electron chi connectivity index (χ4n) is 2.44.